The third kappa shape index (κ3) is 3.04. The Kier molecular flexibility index (Phi) is 4.04. The summed E-state index contributed by atoms with van der Waals surface area (Å²) in [5, 5.41) is 3.39. The minimum absolute atomic E-state index is 0.682. The molecule has 0 saturated carbocycles. The third-order valence-corrected chi connectivity index (χ3v) is 4.40. The summed E-state index contributed by atoms with van der Waals surface area (Å²) in [5.41, 5.74) is 5.72. The first-order valence-electron chi connectivity index (χ1n) is 7.74. The molecule has 0 fully saturated rings. The fraction of sp³-hybridized carbons (Fsp3) is 0.0500. The number of fused-ring (bicyclic) bond motifs is 1. The molecule has 0 saturated heterocycles. The zero-order chi connectivity index (χ0) is 17.2. The second-order valence-electron chi connectivity index (χ2n) is 5.56. The van der Waals surface area contributed by atoms with E-state index in [1.807, 2.05) is 36.4 Å². The van der Waals surface area contributed by atoms with Crippen LogP contribution in [0.2, 0.25) is 0 Å². The van der Waals surface area contributed by atoms with Gasteiger partial charge in [0.2, 0.25) is 0 Å². The summed E-state index contributed by atoms with van der Waals surface area (Å²) in [7, 11) is 0. The van der Waals surface area contributed by atoms with Crippen molar-refractivity contribution in [1.82, 2.24) is 15.0 Å². The Morgan fingerprint density at radius 2 is 2.00 bits per heavy atom. The number of aromatic nitrogens is 3. The van der Waals surface area contributed by atoms with Crippen molar-refractivity contribution in [3.8, 4) is 11.1 Å². The first-order valence-corrected chi connectivity index (χ1v) is 8.53. The van der Waals surface area contributed by atoms with E-state index in [1.165, 1.54) is 6.33 Å². The van der Waals surface area contributed by atoms with Gasteiger partial charge < -0.3 is 5.32 Å². The topological polar surface area (TPSA) is 50.7 Å². The Morgan fingerprint density at radius 1 is 1.08 bits per heavy atom. The molecule has 0 aliphatic heterocycles. The molecule has 0 radical (unpaired) electrons. The first kappa shape index (κ1) is 15.6. The molecular weight excluding hydrogens is 376 g/mol. The fourth-order valence-corrected chi connectivity index (χ4v) is 3.03. The van der Waals surface area contributed by atoms with Crippen LogP contribution in [-0.4, -0.2) is 15.0 Å². The monoisotopic (exact) mass is 388 g/mol. The lowest BCUT2D eigenvalue weighted by Gasteiger charge is -2.13. The largest absolute Gasteiger partial charge is 0.338 e. The second kappa shape index (κ2) is 6.50. The molecule has 0 bridgehead atoms. The summed E-state index contributed by atoms with van der Waals surface area (Å²) in [4.78, 5) is 13.1. The van der Waals surface area contributed by atoms with E-state index >= 15 is 0 Å². The Hall–Kier alpha value is -2.97. The van der Waals surface area contributed by atoms with Gasteiger partial charge in [-0.25, -0.2) is 15.0 Å². The van der Waals surface area contributed by atoms with Crippen molar-refractivity contribution in [2.75, 3.05) is 5.32 Å². The number of pyridine rings is 1. The van der Waals surface area contributed by atoms with Crippen molar-refractivity contribution < 1.29 is 0 Å². The number of hydrogen-bond acceptors (Lipinski definition) is 4. The van der Waals surface area contributed by atoms with Crippen LogP contribution in [0.4, 0.5) is 11.5 Å². The van der Waals surface area contributed by atoms with Crippen molar-refractivity contribution in [2.24, 2.45) is 0 Å². The molecule has 4 rings (SSSR count). The molecule has 0 amide bonds. The highest BCUT2D eigenvalue weighted by Gasteiger charge is 2.10. The number of benzene rings is 1. The number of hydrogen-bond donors (Lipinski definition) is 1. The van der Waals surface area contributed by atoms with Gasteiger partial charge in [-0.15, -0.1) is 0 Å². The van der Waals surface area contributed by atoms with Crippen LogP contribution in [0.3, 0.4) is 0 Å². The zero-order valence-corrected chi connectivity index (χ0v) is 15.0. The van der Waals surface area contributed by atoms with Crippen LogP contribution in [0.1, 0.15) is 5.56 Å². The van der Waals surface area contributed by atoms with Gasteiger partial charge in [0, 0.05) is 21.9 Å². The van der Waals surface area contributed by atoms with Gasteiger partial charge in [-0.3, -0.25) is 0 Å². The summed E-state index contributed by atoms with van der Waals surface area (Å²) >= 11 is 3.42. The maximum absolute atomic E-state index is 4.44. The van der Waals surface area contributed by atoms with Crippen molar-refractivity contribution in [3.05, 3.63) is 77.2 Å². The molecule has 25 heavy (non-hydrogen) atoms. The highest BCUT2D eigenvalue weighted by atomic mass is 79.9. The average Bonchev–Trinajstić information content (AvgIpc) is 2.64. The van der Waals surface area contributed by atoms with E-state index < -0.39 is 0 Å². The zero-order valence-electron chi connectivity index (χ0n) is 13.4. The molecule has 120 valence electrons. The molecule has 2 aromatic heterocycles. The molecule has 2 aromatic carbocycles. The van der Waals surface area contributed by atoms with E-state index in [0.29, 0.717) is 5.82 Å². The standard InChI is InChI=1S/C20H13BrN4/c1-13-16(14-6-3-2-4-7-14)8-5-9-17(13)25-20-19-18(23-12-24-20)10-15(21)11-22-19/h2-3,5-6,8-12H,1H3,(H,23,24,25). The van der Waals surface area contributed by atoms with Gasteiger partial charge in [-0.1, -0.05) is 30.3 Å². The maximum atomic E-state index is 4.44. The van der Waals surface area contributed by atoms with E-state index in [1.54, 1.807) is 6.20 Å². The average molecular weight is 389 g/mol. The quantitative estimate of drug-likeness (QED) is 0.529. The van der Waals surface area contributed by atoms with Crippen molar-refractivity contribution in [1.29, 1.82) is 0 Å². The minimum atomic E-state index is 0.682. The van der Waals surface area contributed by atoms with Crippen LogP contribution in [0.15, 0.2) is 59.5 Å². The van der Waals surface area contributed by atoms with Gasteiger partial charge in [0.15, 0.2) is 5.82 Å². The number of rotatable bonds is 3. The second-order valence-corrected chi connectivity index (χ2v) is 6.47. The summed E-state index contributed by atoms with van der Waals surface area (Å²) in [6.45, 7) is 2.08. The smallest absolute Gasteiger partial charge is 0.160 e. The van der Waals surface area contributed by atoms with Gasteiger partial charge >= 0.3 is 0 Å². The third-order valence-electron chi connectivity index (χ3n) is 3.97. The highest BCUT2D eigenvalue weighted by Crippen LogP contribution is 2.30. The number of halogens is 1. The first-order chi connectivity index (χ1) is 12.2. The molecule has 2 heterocycles. The molecule has 4 nitrogen and oxygen atoms in total. The van der Waals surface area contributed by atoms with Crippen molar-refractivity contribution in [2.45, 2.75) is 6.92 Å². The molecule has 4 aromatic rings. The van der Waals surface area contributed by atoms with Gasteiger partial charge in [-0.2, -0.15) is 0 Å². The van der Waals surface area contributed by atoms with Crippen LogP contribution in [0.25, 0.3) is 22.2 Å². The van der Waals surface area contributed by atoms with E-state index in [-0.39, 0.29) is 0 Å². The van der Waals surface area contributed by atoms with Crippen molar-refractivity contribution in [3.63, 3.8) is 0 Å². The molecule has 0 spiro atoms. The van der Waals surface area contributed by atoms with Crippen LogP contribution >= 0.6 is 15.9 Å². The van der Waals surface area contributed by atoms with Crippen molar-refractivity contribution >= 4 is 38.5 Å². The van der Waals surface area contributed by atoms with Crippen LogP contribution in [-0.2, 0) is 0 Å². The Labute approximate surface area is 154 Å². The lowest BCUT2D eigenvalue weighted by molar-refractivity contribution is 1.19. The summed E-state index contributed by atoms with van der Waals surface area (Å²) < 4.78 is 0.888. The minimum Gasteiger partial charge on any atom is -0.338 e. The number of nitrogens with zero attached hydrogens (tertiary/aromatic N) is 3. The van der Waals surface area contributed by atoms with E-state index in [2.05, 4.69) is 61.3 Å². The maximum Gasteiger partial charge on any atom is 0.160 e. The predicted octanol–water partition coefficient (Wildman–Crippen LogP) is 5.11. The predicted molar refractivity (Wildman–Crippen MR) is 103 cm³/mol. The van der Waals surface area contributed by atoms with Gasteiger partial charge in [-0.05, 0) is 58.2 Å². The van der Waals surface area contributed by atoms with Gasteiger partial charge in [0.05, 0.1) is 5.52 Å². The molecule has 1 N–H and O–H groups in total. The molecule has 0 aliphatic carbocycles. The molecule has 5 heteroatoms. The normalized spacial score (nSPS) is 10.5. The van der Waals surface area contributed by atoms with E-state index in [0.717, 1.165) is 37.9 Å². The van der Waals surface area contributed by atoms with Crippen LogP contribution < -0.4 is 5.32 Å². The van der Waals surface area contributed by atoms with Gasteiger partial charge in [0.1, 0.15) is 11.8 Å². The molecule has 0 aliphatic rings. The molecular formula is C20H13BrN4. The van der Waals surface area contributed by atoms with Crippen LogP contribution in [0.5, 0.6) is 0 Å². The summed E-state index contributed by atoms with van der Waals surface area (Å²) in [5.74, 6) is 0.682. The lowest BCUT2D eigenvalue weighted by atomic mass is 10.0. The number of anilines is 2. The molecule has 0 atom stereocenters. The number of nitrogens with one attached hydrogen (secondary N) is 1. The summed E-state index contributed by atoms with van der Waals surface area (Å²) in [6.07, 6.45) is 3.28. The SMILES string of the molecule is Cc1c(Nc2ncnc3cc(Br)cnc23)cccc1-c1c#cccc1. The van der Waals surface area contributed by atoms with E-state index in [9.17, 15) is 0 Å². The Bertz CT molecular complexity index is 1050. The Morgan fingerprint density at radius 3 is 2.84 bits per heavy atom. The fourth-order valence-electron chi connectivity index (χ4n) is 2.71. The van der Waals surface area contributed by atoms with Gasteiger partial charge in [0.25, 0.3) is 0 Å². The Balaban J connectivity index is 1.77. The summed E-state index contributed by atoms with van der Waals surface area (Å²) in [6, 6.07) is 20.0. The van der Waals surface area contributed by atoms with Crippen LogP contribution in [0, 0.1) is 19.1 Å². The highest BCUT2D eigenvalue weighted by molar-refractivity contribution is 9.10. The lowest BCUT2D eigenvalue weighted by Crippen LogP contribution is -2.00. The van der Waals surface area contributed by atoms with E-state index in [4.69, 9.17) is 0 Å². The molecule has 0 unspecified atom stereocenters.